The van der Waals surface area contributed by atoms with Crippen molar-refractivity contribution >= 4 is 23.5 Å². The number of aliphatic imine (C=N–C) groups is 1. The fraction of sp³-hybridized carbons (Fsp3) is 0.579. The first-order valence-corrected chi connectivity index (χ1v) is 9.59. The molecule has 2 fully saturated rings. The van der Waals surface area contributed by atoms with Crippen LogP contribution in [-0.4, -0.2) is 66.1 Å². The van der Waals surface area contributed by atoms with Gasteiger partial charge in [-0.1, -0.05) is 23.7 Å². The second kappa shape index (κ2) is 8.27. The summed E-state index contributed by atoms with van der Waals surface area (Å²) in [5.74, 6) is 0.867. The van der Waals surface area contributed by atoms with Crippen molar-refractivity contribution in [3.05, 3.63) is 34.9 Å². The Morgan fingerprint density at radius 2 is 2.04 bits per heavy atom. The zero-order chi connectivity index (χ0) is 18.6. The van der Waals surface area contributed by atoms with E-state index < -0.39 is 0 Å². The standard InChI is InChI=1S/C19H27ClN4O2/c1-2-21-18(22-13-19(14-25)7-8-19)24-10-9-23(17(26)12-24)11-15-3-5-16(20)6-4-15/h3-6,25H,2,7-14H2,1H3,(H,21,22). The highest BCUT2D eigenvalue weighted by Crippen LogP contribution is 2.45. The van der Waals surface area contributed by atoms with E-state index in [4.69, 9.17) is 11.6 Å². The van der Waals surface area contributed by atoms with E-state index in [-0.39, 0.29) is 17.9 Å². The highest BCUT2D eigenvalue weighted by atomic mass is 35.5. The number of rotatable bonds is 6. The molecule has 0 radical (unpaired) electrons. The van der Waals surface area contributed by atoms with Gasteiger partial charge in [0.25, 0.3) is 0 Å². The molecule has 1 amide bonds. The van der Waals surface area contributed by atoms with Crippen LogP contribution in [0.3, 0.4) is 0 Å². The van der Waals surface area contributed by atoms with E-state index in [1.54, 1.807) is 0 Å². The number of carbonyl (C=O) groups excluding carboxylic acids is 1. The number of nitrogens with one attached hydrogen (secondary N) is 1. The van der Waals surface area contributed by atoms with Gasteiger partial charge in [0.05, 0.1) is 19.7 Å². The van der Waals surface area contributed by atoms with E-state index in [9.17, 15) is 9.90 Å². The normalized spacial score (nSPS) is 19.7. The molecular weight excluding hydrogens is 352 g/mol. The van der Waals surface area contributed by atoms with Crippen molar-refractivity contribution in [2.24, 2.45) is 10.4 Å². The predicted octanol–water partition coefficient (Wildman–Crippen LogP) is 1.72. The molecule has 3 rings (SSSR count). The van der Waals surface area contributed by atoms with E-state index >= 15 is 0 Å². The highest BCUT2D eigenvalue weighted by molar-refractivity contribution is 6.30. The molecule has 0 bridgehead atoms. The van der Waals surface area contributed by atoms with Gasteiger partial charge >= 0.3 is 0 Å². The molecule has 1 aliphatic carbocycles. The third kappa shape index (κ3) is 4.68. The lowest BCUT2D eigenvalue weighted by Crippen LogP contribution is -2.55. The van der Waals surface area contributed by atoms with Gasteiger partial charge in [0, 0.05) is 36.6 Å². The predicted molar refractivity (Wildman–Crippen MR) is 103 cm³/mol. The van der Waals surface area contributed by atoms with Crippen LogP contribution in [0.5, 0.6) is 0 Å². The molecular formula is C19H27ClN4O2. The van der Waals surface area contributed by atoms with Crippen molar-refractivity contribution in [3.8, 4) is 0 Å². The first kappa shape index (κ1) is 19.0. The molecule has 26 heavy (non-hydrogen) atoms. The summed E-state index contributed by atoms with van der Waals surface area (Å²) in [7, 11) is 0. The minimum atomic E-state index is -0.0267. The zero-order valence-corrected chi connectivity index (χ0v) is 16.0. The van der Waals surface area contributed by atoms with E-state index in [2.05, 4.69) is 10.3 Å². The molecule has 7 heteroatoms. The smallest absolute Gasteiger partial charge is 0.242 e. The van der Waals surface area contributed by atoms with Crippen LogP contribution in [0.2, 0.25) is 5.02 Å². The summed E-state index contributed by atoms with van der Waals surface area (Å²) in [6, 6.07) is 7.61. The fourth-order valence-corrected chi connectivity index (χ4v) is 3.20. The molecule has 6 nitrogen and oxygen atoms in total. The number of halogens is 1. The van der Waals surface area contributed by atoms with Crippen molar-refractivity contribution in [1.82, 2.24) is 15.1 Å². The molecule has 142 valence electrons. The molecule has 1 saturated carbocycles. The Balaban J connectivity index is 1.59. The maximum Gasteiger partial charge on any atom is 0.242 e. The molecule has 1 saturated heterocycles. The molecule has 1 heterocycles. The quantitative estimate of drug-likeness (QED) is 0.584. The maximum atomic E-state index is 12.6. The van der Waals surface area contributed by atoms with Gasteiger partial charge < -0.3 is 20.2 Å². The van der Waals surface area contributed by atoms with Crippen molar-refractivity contribution in [1.29, 1.82) is 0 Å². The number of carbonyl (C=O) groups is 1. The summed E-state index contributed by atoms with van der Waals surface area (Å²) in [5, 5.41) is 13.4. The molecule has 1 aromatic carbocycles. The molecule has 1 aliphatic heterocycles. The first-order valence-electron chi connectivity index (χ1n) is 9.21. The number of aliphatic hydroxyl groups excluding tert-OH is 1. The van der Waals surface area contributed by atoms with E-state index in [1.807, 2.05) is 41.0 Å². The Bertz CT molecular complexity index is 658. The summed E-state index contributed by atoms with van der Waals surface area (Å²) in [5.41, 5.74) is 1.05. The Hall–Kier alpha value is -1.79. The first-order chi connectivity index (χ1) is 12.5. The number of piperazine rings is 1. The van der Waals surface area contributed by atoms with Gasteiger partial charge in [0.15, 0.2) is 5.96 Å². The Kier molecular flexibility index (Phi) is 6.04. The summed E-state index contributed by atoms with van der Waals surface area (Å²) in [6.07, 6.45) is 2.06. The number of benzene rings is 1. The number of hydrogen-bond acceptors (Lipinski definition) is 3. The van der Waals surface area contributed by atoms with Crippen LogP contribution in [0.15, 0.2) is 29.3 Å². The van der Waals surface area contributed by atoms with Gasteiger partial charge in [0.1, 0.15) is 0 Å². The van der Waals surface area contributed by atoms with Crippen LogP contribution in [0.1, 0.15) is 25.3 Å². The zero-order valence-electron chi connectivity index (χ0n) is 15.2. The highest BCUT2D eigenvalue weighted by Gasteiger charge is 2.42. The summed E-state index contributed by atoms with van der Waals surface area (Å²) in [4.78, 5) is 21.2. The number of amides is 1. The van der Waals surface area contributed by atoms with E-state index in [0.29, 0.717) is 31.2 Å². The average molecular weight is 379 g/mol. The SMILES string of the molecule is CCNC(=NCC1(CO)CC1)N1CCN(Cc2ccc(Cl)cc2)C(=O)C1. The van der Waals surface area contributed by atoms with Gasteiger partial charge in [-0.3, -0.25) is 9.79 Å². The van der Waals surface area contributed by atoms with Crippen LogP contribution >= 0.6 is 11.6 Å². The van der Waals surface area contributed by atoms with Crippen molar-refractivity contribution in [3.63, 3.8) is 0 Å². The second-order valence-corrected chi connectivity index (χ2v) is 7.63. The lowest BCUT2D eigenvalue weighted by molar-refractivity contribution is -0.135. The summed E-state index contributed by atoms with van der Waals surface area (Å²) < 4.78 is 0. The number of nitrogens with zero attached hydrogens (tertiary/aromatic N) is 3. The Morgan fingerprint density at radius 1 is 1.31 bits per heavy atom. The average Bonchev–Trinajstić information content (AvgIpc) is 3.43. The molecule has 2 aliphatic rings. The third-order valence-electron chi connectivity index (χ3n) is 5.10. The van der Waals surface area contributed by atoms with E-state index in [1.165, 1.54) is 0 Å². The molecule has 2 N–H and O–H groups in total. The monoisotopic (exact) mass is 378 g/mol. The van der Waals surface area contributed by atoms with Gasteiger partial charge in [-0.15, -0.1) is 0 Å². The number of hydrogen-bond donors (Lipinski definition) is 2. The molecule has 0 atom stereocenters. The lowest BCUT2D eigenvalue weighted by Gasteiger charge is -2.36. The van der Waals surface area contributed by atoms with Gasteiger partial charge in [-0.2, -0.15) is 0 Å². The van der Waals surface area contributed by atoms with Crippen molar-refractivity contribution < 1.29 is 9.90 Å². The maximum absolute atomic E-state index is 12.6. The minimum Gasteiger partial charge on any atom is -0.396 e. The van der Waals surface area contributed by atoms with Crippen LogP contribution in [0, 0.1) is 5.41 Å². The topological polar surface area (TPSA) is 68.2 Å². The molecule has 0 spiro atoms. The second-order valence-electron chi connectivity index (χ2n) is 7.19. The van der Waals surface area contributed by atoms with E-state index in [0.717, 1.165) is 37.5 Å². The fourth-order valence-electron chi connectivity index (χ4n) is 3.08. The Morgan fingerprint density at radius 3 is 2.62 bits per heavy atom. The lowest BCUT2D eigenvalue weighted by atomic mass is 10.1. The van der Waals surface area contributed by atoms with Crippen LogP contribution in [-0.2, 0) is 11.3 Å². The summed E-state index contributed by atoms with van der Waals surface area (Å²) >= 11 is 5.92. The van der Waals surface area contributed by atoms with Crippen LogP contribution in [0.4, 0.5) is 0 Å². The van der Waals surface area contributed by atoms with Gasteiger partial charge in [0.2, 0.25) is 5.91 Å². The summed E-state index contributed by atoms with van der Waals surface area (Å²) in [6.45, 7) is 5.91. The van der Waals surface area contributed by atoms with Crippen LogP contribution < -0.4 is 5.32 Å². The number of aliphatic hydroxyl groups is 1. The third-order valence-corrected chi connectivity index (χ3v) is 5.35. The molecule has 1 aromatic rings. The van der Waals surface area contributed by atoms with Crippen LogP contribution in [0.25, 0.3) is 0 Å². The van der Waals surface area contributed by atoms with Crippen molar-refractivity contribution in [2.75, 3.05) is 39.3 Å². The van der Waals surface area contributed by atoms with Gasteiger partial charge in [-0.05, 0) is 37.5 Å². The minimum absolute atomic E-state index is 0.0267. The Labute approximate surface area is 159 Å². The van der Waals surface area contributed by atoms with Crippen molar-refractivity contribution in [2.45, 2.75) is 26.3 Å². The van der Waals surface area contributed by atoms with Gasteiger partial charge in [-0.25, -0.2) is 0 Å². The molecule has 0 unspecified atom stereocenters. The molecule has 0 aromatic heterocycles. The largest absolute Gasteiger partial charge is 0.396 e. The number of guanidine groups is 1.